The molecular weight excluding hydrogens is 1000 g/mol. The van der Waals surface area contributed by atoms with E-state index in [1.165, 1.54) is 48.5 Å². The predicted octanol–water partition coefficient (Wildman–Crippen LogP) is -5.60. The summed E-state index contributed by atoms with van der Waals surface area (Å²) in [5.74, 6) is -15.9. The number of aliphatic hydroxyl groups is 1. The standard InChI is InChI=1S/C37H44Cl2N20O13/c38-17-7-4-8-18(39)14(17)11-15(20-16(33(67)68)9-13(58(69)70)10-19(20)59(71)72)22(60)29(63)49-21(12-5-2-1-3-6-12)28(62)51-25(55-35(43)44)31(65)53-27(57-37(47)48)32(66)52-26(56-36(45)46)30(64)50-24(23(40)61)54-34(41)42/h1-10,15,21-22,24-27,60H,11H2,(H2,40,61)(H,49,63)(H,50,64)(H,51,62)(H,52,66)(H,53,65)(H,67,68)(H4,41,42,54)(H4,43,44,55)(H4,45,46,56)(H4,47,48,57). The van der Waals surface area contributed by atoms with Gasteiger partial charge in [-0.1, -0.05) is 59.6 Å². The molecule has 384 valence electrons. The van der Waals surface area contributed by atoms with Crippen LogP contribution in [0.3, 0.4) is 0 Å². The second-order valence-electron chi connectivity index (χ2n) is 14.3. The molecule has 7 atom stereocenters. The lowest BCUT2D eigenvalue weighted by Crippen LogP contribution is -2.58. The van der Waals surface area contributed by atoms with Crippen LogP contribution in [0.25, 0.3) is 0 Å². The largest absolute Gasteiger partial charge is 0.478 e. The van der Waals surface area contributed by atoms with Crippen molar-refractivity contribution in [2.24, 2.45) is 71.6 Å². The number of guanidine groups is 4. The molecule has 0 saturated heterocycles. The van der Waals surface area contributed by atoms with Crippen molar-refractivity contribution in [3.63, 3.8) is 0 Å². The number of benzene rings is 3. The summed E-state index contributed by atoms with van der Waals surface area (Å²) in [6.45, 7) is 0. The number of hydrogen-bond donors (Lipinski definition) is 16. The summed E-state index contributed by atoms with van der Waals surface area (Å²) >= 11 is 12.8. The minimum absolute atomic E-state index is 0.0765. The van der Waals surface area contributed by atoms with E-state index in [4.69, 9.17) is 74.8 Å². The van der Waals surface area contributed by atoms with Crippen LogP contribution in [0.4, 0.5) is 11.4 Å². The predicted molar refractivity (Wildman–Crippen MR) is 253 cm³/mol. The van der Waals surface area contributed by atoms with Crippen molar-refractivity contribution in [2.45, 2.75) is 49.1 Å². The number of nitro benzene ring substituents is 2. The summed E-state index contributed by atoms with van der Waals surface area (Å²) in [6, 6.07) is 9.65. The van der Waals surface area contributed by atoms with Crippen LogP contribution in [0.2, 0.25) is 10.0 Å². The van der Waals surface area contributed by atoms with Gasteiger partial charge in [0.2, 0.25) is 36.5 Å². The van der Waals surface area contributed by atoms with Gasteiger partial charge in [0.25, 0.3) is 35.0 Å². The Morgan fingerprint density at radius 2 is 1.01 bits per heavy atom. The molecule has 0 saturated carbocycles. The van der Waals surface area contributed by atoms with E-state index in [9.17, 15) is 64.0 Å². The summed E-state index contributed by atoms with van der Waals surface area (Å²) in [5.41, 5.74) is 44.1. The molecule has 0 aliphatic carbocycles. The highest BCUT2D eigenvalue weighted by Gasteiger charge is 2.41. The summed E-state index contributed by atoms with van der Waals surface area (Å²) in [4.78, 5) is 129. The highest BCUT2D eigenvalue weighted by Crippen LogP contribution is 2.40. The molecule has 0 bridgehead atoms. The van der Waals surface area contributed by atoms with Gasteiger partial charge in [0.05, 0.1) is 27.0 Å². The number of hydrogen-bond acceptors (Lipinski definition) is 16. The zero-order valence-corrected chi connectivity index (χ0v) is 38.1. The summed E-state index contributed by atoms with van der Waals surface area (Å²) in [7, 11) is 0. The molecule has 0 radical (unpaired) electrons. The van der Waals surface area contributed by atoms with Gasteiger partial charge in [-0.05, 0) is 29.7 Å². The Balaban J connectivity index is 2.10. The van der Waals surface area contributed by atoms with Crippen LogP contribution in [0.15, 0.2) is 80.6 Å². The fourth-order valence-electron chi connectivity index (χ4n) is 6.21. The SMILES string of the molecule is NC(=O)C(N=C(N)N)NC(=O)C(N=C(N)N)NC(=O)C(N=C(N)N)NC(=O)C(N=C(N)N)NC(=O)C(NC(=O)C(O)C(Cc1c(Cl)cccc1Cl)c1c(C(=O)O)cc([N+](=O)[O-])cc1[N+](=O)[O-])c1ccccc1. The molecule has 72 heavy (non-hydrogen) atoms. The lowest BCUT2D eigenvalue weighted by atomic mass is 9.82. The third kappa shape index (κ3) is 15.7. The van der Waals surface area contributed by atoms with Crippen molar-refractivity contribution in [3.8, 4) is 0 Å². The van der Waals surface area contributed by atoms with Gasteiger partial charge in [-0.2, -0.15) is 0 Å². The maximum absolute atomic E-state index is 14.3. The number of aromatic carboxylic acids is 1. The first-order chi connectivity index (χ1) is 33.6. The highest BCUT2D eigenvalue weighted by molar-refractivity contribution is 6.36. The number of rotatable bonds is 23. The van der Waals surface area contributed by atoms with E-state index in [1.54, 1.807) is 0 Å². The Labute approximate surface area is 413 Å². The number of carboxylic acid groups (broad SMARTS) is 1. The molecule has 0 heterocycles. The summed E-state index contributed by atoms with van der Waals surface area (Å²) in [6.07, 6.45) is -12.0. The Morgan fingerprint density at radius 1 is 0.583 bits per heavy atom. The van der Waals surface area contributed by atoms with E-state index in [0.29, 0.717) is 12.1 Å². The molecule has 0 aromatic heterocycles. The van der Waals surface area contributed by atoms with Gasteiger partial charge in [-0.25, -0.2) is 24.8 Å². The van der Waals surface area contributed by atoms with Gasteiger partial charge in [0, 0.05) is 22.0 Å². The zero-order chi connectivity index (χ0) is 54.3. The van der Waals surface area contributed by atoms with E-state index in [1.807, 2.05) is 16.0 Å². The Hall–Kier alpha value is -9.63. The van der Waals surface area contributed by atoms with Crippen molar-refractivity contribution < 1.29 is 53.6 Å². The number of non-ortho nitro benzene ring substituents is 1. The first-order valence-electron chi connectivity index (χ1n) is 19.6. The van der Waals surface area contributed by atoms with Crippen LogP contribution >= 0.6 is 23.2 Å². The monoisotopic (exact) mass is 1050 g/mol. The van der Waals surface area contributed by atoms with Crippen LogP contribution in [0, 0.1) is 20.2 Å². The maximum atomic E-state index is 14.3. The number of carbonyl (C=O) groups excluding carboxylic acids is 6. The number of nitrogens with one attached hydrogen (secondary N) is 5. The van der Waals surface area contributed by atoms with Crippen molar-refractivity contribution >= 4 is 99.8 Å². The van der Waals surface area contributed by atoms with Gasteiger partial charge < -0.3 is 88.4 Å². The number of carboxylic acids is 1. The molecule has 35 heteroatoms. The van der Waals surface area contributed by atoms with E-state index >= 15 is 0 Å². The number of aliphatic imine (C=N–C) groups is 4. The van der Waals surface area contributed by atoms with Crippen LogP contribution in [-0.2, 0) is 35.2 Å². The quantitative estimate of drug-likeness (QED) is 0.0182. The molecule has 3 aromatic carbocycles. The van der Waals surface area contributed by atoms with Crippen LogP contribution in [-0.4, -0.2) is 116 Å². The summed E-state index contributed by atoms with van der Waals surface area (Å²) in [5, 5.41) is 56.2. The van der Waals surface area contributed by atoms with E-state index in [0.717, 1.165) is 0 Å². The van der Waals surface area contributed by atoms with Gasteiger partial charge in [0.1, 0.15) is 12.1 Å². The molecule has 0 spiro atoms. The molecule has 25 N–H and O–H groups in total. The summed E-state index contributed by atoms with van der Waals surface area (Å²) < 4.78 is 0. The fourth-order valence-corrected chi connectivity index (χ4v) is 6.76. The Bertz CT molecular complexity index is 2690. The zero-order valence-electron chi connectivity index (χ0n) is 36.5. The normalized spacial score (nSPS) is 13.5. The molecule has 3 aromatic rings. The van der Waals surface area contributed by atoms with Crippen molar-refractivity contribution in [1.29, 1.82) is 0 Å². The average Bonchev–Trinajstić information content (AvgIpc) is 3.28. The van der Waals surface area contributed by atoms with E-state index < -0.39 is 147 Å². The van der Waals surface area contributed by atoms with Gasteiger partial charge >= 0.3 is 5.97 Å². The second kappa shape index (κ2) is 25.1. The topological polar surface area (TPSA) is 590 Å². The van der Waals surface area contributed by atoms with E-state index in [-0.39, 0.29) is 21.2 Å². The lowest BCUT2D eigenvalue weighted by Gasteiger charge is -2.27. The smallest absolute Gasteiger partial charge is 0.336 e. The highest BCUT2D eigenvalue weighted by atomic mass is 35.5. The first kappa shape index (κ1) is 56.7. The molecule has 0 aliphatic rings. The van der Waals surface area contributed by atoms with Gasteiger partial charge in [0.15, 0.2) is 23.8 Å². The van der Waals surface area contributed by atoms with Crippen LogP contribution in [0.5, 0.6) is 0 Å². The van der Waals surface area contributed by atoms with Crippen molar-refractivity contribution in [1.82, 2.24) is 26.6 Å². The number of primary amides is 1. The number of nitro groups is 2. The Kier molecular flexibility index (Phi) is 19.8. The number of nitrogens with two attached hydrogens (primary N) is 9. The number of aliphatic hydroxyl groups excluding tert-OH is 1. The maximum Gasteiger partial charge on any atom is 0.336 e. The molecule has 3 rings (SSSR count). The minimum atomic E-state index is -2.59. The molecule has 7 unspecified atom stereocenters. The molecule has 0 aliphatic heterocycles. The number of carbonyl (C=O) groups is 7. The minimum Gasteiger partial charge on any atom is -0.478 e. The Morgan fingerprint density at radius 3 is 1.42 bits per heavy atom. The third-order valence-corrected chi connectivity index (χ3v) is 9.92. The number of nitrogens with zero attached hydrogens (tertiary/aromatic N) is 6. The molecular formula is C37H44Cl2N20O13. The molecule has 33 nitrogen and oxygen atoms in total. The molecule has 0 fully saturated rings. The first-order valence-corrected chi connectivity index (χ1v) is 20.4. The van der Waals surface area contributed by atoms with Crippen LogP contribution in [0.1, 0.15) is 39.0 Å². The van der Waals surface area contributed by atoms with Gasteiger partial charge in [-0.3, -0.25) is 49.0 Å². The van der Waals surface area contributed by atoms with E-state index in [2.05, 4.69) is 30.6 Å². The average molecular weight is 1050 g/mol. The lowest BCUT2D eigenvalue weighted by molar-refractivity contribution is -0.394. The van der Waals surface area contributed by atoms with Crippen molar-refractivity contribution in [2.75, 3.05) is 0 Å². The van der Waals surface area contributed by atoms with Crippen LogP contribution < -0.4 is 78.2 Å². The number of halogens is 2. The number of amides is 6. The third-order valence-electron chi connectivity index (χ3n) is 9.21. The van der Waals surface area contributed by atoms with Gasteiger partial charge in [-0.15, -0.1) is 0 Å². The fraction of sp³-hybridized carbons (Fsp3) is 0.216. The van der Waals surface area contributed by atoms with Crippen molar-refractivity contribution in [3.05, 3.63) is 113 Å². The second-order valence-corrected chi connectivity index (χ2v) is 15.1. The molecule has 6 amide bonds.